The molecule has 1 aliphatic rings. The molecule has 0 saturated carbocycles. The molecular formula is C17H25FN2O4. The Bertz CT molecular complexity index is 535. The number of methoxy groups -OCH3 is 1. The normalized spacial score (nSPS) is 14.3. The number of amides is 1. The van der Waals surface area contributed by atoms with E-state index in [2.05, 4.69) is 10.1 Å². The quantitative estimate of drug-likeness (QED) is 0.795. The molecule has 0 unspecified atom stereocenters. The predicted octanol–water partition coefficient (Wildman–Crippen LogP) is 2.44. The lowest BCUT2D eigenvalue weighted by molar-refractivity contribution is 0.0228. The molecule has 0 spiro atoms. The lowest BCUT2D eigenvalue weighted by Crippen LogP contribution is -2.48. The third kappa shape index (κ3) is 7.41. The predicted molar refractivity (Wildman–Crippen MR) is 88.4 cm³/mol. The fraction of sp³-hybridized carbons (Fsp3) is 0.529. The van der Waals surface area contributed by atoms with Crippen LogP contribution in [0.1, 0.15) is 31.1 Å². The van der Waals surface area contributed by atoms with Crippen molar-refractivity contribution < 1.29 is 23.5 Å². The lowest BCUT2D eigenvalue weighted by Gasteiger charge is -2.30. The van der Waals surface area contributed by atoms with Crippen LogP contribution in [0.4, 0.5) is 9.18 Å². The number of halogens is 1. The number of hydrogen-bond acceptors (Lipinski definition) is 5. The van der Waals surface area contributed by atoms with Crippen molar-refractivity contribution in [3.63, 3.8) is 0 Å². The molecular weight excluding hydrogens is 315 g/mol. The van der Waals surface area contributed by atoms with Gasteiger partial charge in [-0.25, -0.2) is 14.0 Å². The number of carbonyl (C=O) groups is 2. The van der Waals surface area contributed by atoms with Crippen LogP contribution in [0.5, 0.6) is 0 Å². The maximum absolute atomic E-state index is 12.3. The molecule has 2 rings (SSSR count). The van der Waals surface area contributed by atoms with Gasteiger partial charge in [-0.15, -0.1) is 0 Å². The van der Waals surface area contributed by atoms with E-state index in [0.29, 0.717) is 5.56 Å². The smallest absolute Gasteiger partial charge is 0.410 e. The summed E-state index contributed by atoms with van der Waals surface area (Å²) in [6.45, 7) is 8.86. The minimum absolute atomic E-state index is 0.200. The van der Waals surface area contributed by atoms with Crippen LogP contribution in [0.25, 0.3) is 0 Å². The summed E-state index contributed by atoms with van der Waals surface area (Å²) in [7, 11) is 1.28. The third-order valence-electron chi connectivity index (χ3n) is 3.03. The van der Waals surface area contributed by atoms with Crippen LogP contribution in [0.15, 0.2) is 24.3 Å². The summed E-state index contributed by atoms with van der Waals surface area (Å²) >= 11 is 0. The Hall–Kier alpha value is -2.15. The number of carbonyl (C=O) groups excluding carboxylic acids is 2. The van der Waals surface area contributed by atoms with Crippen molar-refractivity contribution in [1.29, 1.82) is 0 Å². The van der Waals surface area contributed by atoms with Crippen LogP contribution in [0.3, 0.4) is 0 Å². The van der Waals surface area contributed by atoms with Gasteiger partial charge >= 0.3 is 12.1 Å². The summed E-state index contributed by atoms with van der Waals surface area (Å²) in [6, 6.07) is 5.18. The van der Waals surface area contributed by atoms with E-state index in [4.69, 9.17) is 4.74 Å². The lowest BCUT2D eigenvalue weighted by atomic mass is 10.2. The highest BCUT2D eigenvalue weighted by Gasteiger charge is 2.22. The summed E-state index contributed by atoms with van der Waals surface area (Å²) < 4.78 is 22.0. The molecule has 0 bridgehead atoms. The molecule has 24 heavy (non-hydrogen) atoms. The molecule has 7 heteroatoms. The second-order valence-electron chi connectivity index (χ2n) is 6.22. The van der Waals surface area contributed by atoms with Gasteiger partial charge in [-0.05, 0) is 45.0 Å². The Morgan fingerprint density at radius 1 is 1.12 bits per heavy atom. The summed E-state index contributed by atoms with van der Waals surface area (Å²) in [5, 5.41) is 3.18. The molecule has 0 atom stereocenters. The van der Waals surface area contributed by atoms with Crippen molar-refractivity contribution in [2.45, 2.75) is 26.4 Å². The third-order valence-corrected chi connectivity index (χ3v) is 3.03. The summed E-state index contributed by atoms with van der Waals surface area (Å²) in [4.78, 5) is 24.0. The Balaban J connectivity index is 0.000000243. The maximum Gasteiger partial charge on any atom is 0.410 e. The minimum atomic E-state index is -0.454. The number of benzene rings is 1. The van der Waals surface area contributed by atoms with Gasteiger partial charge < -0.3 is 19.7 Å². The monoisotopic (exact) mass is 340 g/mol. The number of hydrogen-bond donors (Lipinski definition) is 1. The highest BCUT2D eigenvalue weighted by Crippen LogP contribution is 2.10. The Kier molecular flexibility index (Phi) is 7.64. The van der Waals surface area contributed by atoms with Crippen molar-refractivity contribution in [2.75, 3.05) is 33.3 Å². The van der Waals surface area contributed by atoms with Gasteiger partial charge in [0.1, 0.15) is 11.4 Å². The molecule has 134 valence electrons. The van der Waals surface area contributed by atoms with Gasteiger partial charge in [0.05, 0.1) is 12.7 Å². The molecule has 0 aliphatic carbocycles. The molecule has 1 aromatic carbocycles. The summed E-state index contributed by atoms with van der Waals surface area (Å²) in [5.41, 5.74) is -0.0315. The van der Waals surface area contributed by atoms with Crippen molar-refractivity contribution in [3.8, 4) is 0 Å². The van der Waals surface area contributed by atoms with Crippen molar-refractivity contribution in [1.82, 2.24) is 10.2 Å². The molecule has 1 N–H and O–H groups in total. The topological polar surface area (TPSA) is 67.9 Å². The maximum atomic E-state index is 12.3. The van der Waals surface area contributed by atoms with Gasteiger partial charge in [0, 0.05) is 26.2 Å². The second kappa shape index (κ2) is 9.22. The first-order valence-corrected chi connectivity index (χ1v) is 7.75. The molecule has 6 nitrogen and oxygen atoms in total. The van der Waals surface area contributed by atoms with Crippen LogP contribution in [-0.4, -0.2) is 55.9 Å². The standard InChI is InChI=1S/C9H18N2O2.C8H7FO2/c1-9(2,3)13-8(12)11-6-4-10-5-7-11;1-11-8(10)6-2-4-7(9)5-3-6/h10H,4-7H2,1-3H3;2-5H,1H3. The molecule has 1 amide bonds. The molecule has 1 saturated heterocycles. The SMILES string of the molecule is CC(C)(C)OC(=O)N1CCNCC1.COC(=O)c1ccc(F)cc1. The highest BCUT2D eigenvalue weighted by molar-refractivity contribution is 5.89. The first-order valence-electron chi connectivity index (χ1n) is 7.75. The number of rotatable bonds is 1. The van der Waals surface area contributed by atoms with E-state index in [0.717, 1.165) is 26.2 Å². The van der Waals surface area contributed by atoms with Crippen LogP contribution in [0, 0.1) is 5.82 Å². The zero-order valence-electron chi connectivity index (χ0n) is 14.6. The largest absolute Gasteiger partial charge is 0.465 e. The van der Waals surface area contributed by atoms with Crippen LogP contribution in [-0.2, 0) is 9.47 Å². The number of nitrogens with zero attached hydrogens (tertiary/aromatic N) is 1. The number of ether oxygens (including phenoxy) is 2. The number of piperazine rings is 1. The first kappa shape index (κ1) is 19.9. The van der Waals surface area contributed by atoms with E-state index in [9.17, 15) is 14.0 Å². The zero-order chi connectivity index (χ0) is 18.2. The molecule has 1 heterocycles. The van der Waals surface area contributed by atoms with Crippen LogP contribution < -0.4 is 5.32 Å². The van der Waals surface area contributed by atoms with Crippen LogP contribution >= 0.6 is 0 Å². The fourth-order valence-corrected chi connectivity index (χ4v) is 1.88. The minimum Gasteiger partial charge on any atom is -0.465 e. The van der Waals surface area contributed by atoms with Crippen molar-refractivity contribution >= 4 is 12.1 Å². The van der Waals surface area contributed by atoms with Crippen LogP contribution in [0.2, 0.25) is 0 Å². The van der Waals surface area contributed by atoms with Gasteiger partial charge in [-0.3, -0.25) is 0 Å². The van der Waals surface area contributed by atoms with E-state index in [1.54, 1.807) is 4.90 Å². The van der Waals surface area contributed by atoms with Gasteiger partial charge in [0.15, 0.2) is 0 Å². The fourth-order valence-electron chi connectivity index (χ4n) is 1.88. The number of esters is 1. The van der Waals surface area contributed by atoms with Crippen molar-refractivity contribution in [2.24, 2.45) is 0 Å². The average molecular weight is 340 g/mol. The first-order chi connectivity index (χ1) is 11.2. The summed E-state index contributed by atoms with van der Waals surface area (Å²) in [6.07, 6.45) is -0.200. The Morgan fingerprint density at radius 2 is 1.67 bits per heavy atom. The molecule has 0 radical (unpaired) electrons. The van der Waals surface area contributed by atoms with Gasteiger partial charge in [-0.1, -0.05) is 0 Å². The average Bonchev–Trinajstić information content (AvgIpc) is 2.55. The van der Waals surface area contributed by atoms with E-state index in [1.165, 1.54) is 31.4 Å². The van der Waals surface area contributed by atoms with Gasteiger partial charge in [-0.2, -0.15) is 0 Å². The Morgan fingerprint density at radius 3 is 2.12 bits per heavy atom. The van der Waals surface area contributed by atoms with E-state index in [1.807, 2.05) is 20.8 Å². The molecule has 1 aromatic rings. The van der Waals surface area contributed by atoms with Gasteiger partial charge in [0.25, 0.3) is 0 Å². The van der Waals surface area contributed by atoms with Gasteiger partial charge in [0.2, 0.25) is 0 Å². The van der Waals surface area contributed by atoms with E-state index in [-0.39, 0.29) is 17.5 Å². The van der Waals surface area contributed by atoms with Crippen molar-refractivity contribution in [3.05, 3.63) is 35.6 Å². The molecule has 1 aliphatic heterocycles. The molecule has 1 fully saturated rings. The zero-order valence-corrected chi connectivity index (χ0v) is 14.6. The second-order valence-corrected chi connectivity index (χ2v) is 6.22. The van der Waals surface area contributed by atoms with E-state index < -0.39 is 5.97 Å². The molecule has 0 aromatic heterocycles. The van der Waals surface area contributed by atoms with E-state index >= 15 is 0 Å². The summed E-state index contributed by atoms with van der Waals surface area (Å²) in [5.74, 6) is -0.817. The Labute approximate surface area is 141 Å². The highest BCUT2D eigenvalue weighted by atomic mass is 19.1. The number of nitrogens with one attached hydrogen (secondary N) is 1.